The van der Waals surface area contributed by atoms with Gasteiger partial charge in [0.05, 0.1) is 5.25 Å². The number of amides is 1. The summed E-state index contributed by atoms with van der Waals surface area (Å²) in [5.74, 6) is 1.79. The van der Waals surface area contributed by atoms with Crippen molar-refractivity contribution in [1.29, 1.82) is 0 Å². The van der Waals surface area contributed by atoms with Crippen molar-refractivity contribution in [3.05, 3.63) is 48.0 Å². The summed E-state index contributed by atoms with van der Waals surface area (Å²) < 4.78 is 1.86. The number of nitrogens with one attached hydrogen (secondary N) is 1. The van der Waals surface area contributed by atoms with Crippen molar-refractivity contribution in [2.24, 2.45) is 7.05 Å². The van der Waals surface area contributed by atoms with E-state index in [1.165, 1.54) is 5.56 Å². The highest BCUT2D eigenvalue weighted by atomic mass is 32.2. The molecule has 21 heavy (non-hydrogen) atoms. The van der Waals surface area contributed by atoms with Gasteiger partial charge in [-0.15, -0.1) is 22.0 Å². The van der Waals surface area contributed by atoms with Gasteiger partial charge in [0, 0.05) is 25.8 Å². The highest BCUT2D eigenvalue weighted by Crippen LogP contribution is 2.17. The first-order valence-corrected chi connectivity index (χ1v) is 7.98. The van der Waals surface area contributed by atoms with Gasteiger partial charge >= 0.3 is 0 Å². The topological polar surface area (TPSA) is 59.8 Å². The summed E-state index contributed by atoms with van der Waals surface area (Å²) in [7, 11) is 1.90. The number of carbonyl (C=O) groups is 1. The van der Waals surface area contributed by atoms with Crippen molar-refractivity contribution in [3.63, 3.8) is 0 Å². The molecule has 0 fully saturated rings. The molecular weight excluding hydrogens is 284 g/mol. The second-order valence-electron chi connectivity index (χ2n) is 4.84. The van der Waals surface area contributed by atoms with E-state index in [0.29, 0.717) is 13.0 Å². The highest BCUT2D eigenvalue weighted by molar-refractivity contribution is 7.99. The van der Waals surface area contributed by atoms with Gasteiger partial charge in [0.2, 0.25) is 5.91 Å². The number of thioether (sulfide) groups is 1. The molecule has 112 valence electrons. The SMILES string of the molecule is C[C@H](SCc1ccccc1)C(=O)NCCc1nncn1C. The number of rotatable bonds is 7. The lowest BCUT2D eigenvalue weighted by Gasteiger charge is -2.11. The summed E-state index contributed by atoms with van der Waals surface area (Å²) in [4.78, 5) is 12.0. The fraction of sp³-hybridized carbons (Fsp3) is 0.400. The maximum absolute atomic E-state index is 12.0. The first-order chi connectivity index (χ1) is 10.2. The van der Waals surface area contributed by atoms with Gasteiger partial charge in [-0.1, -0.05) is 30.3 Å². The minimum absolute atomic E-state index is 0.0651. The molecule has 6 heteroatoms. The molecule has 2 rings (SSSR count). The molecule has 0 saturated heterocycles. The molecule has 0 aliphatic rings. The summed E-state index contributed by atoms with van der Waals surface area (Å²) >= 11 is 1.64. The molecule has 0 bridgehead atoms. The van der Waals surface area contributed by atoms with Crippen molar-refractivity contribution in [1.82, 2.24) is 20.1 Å². The van der Waals surface area contributed by atoms with Crippen LogP contribution in [0.5, 0.6) is 0 Å². The van der Waals surface area contributed by atoms with E-state index in [4.69, 9.17) is 0 Å². The average Bonchev–Trinajstić information content (AvgIpc) is 2.91. The predicted octanol–water partition coefficient (Wildman–Crippen LogP) is 1.80. The number of aromatic nitrogens is 3. The molecule has 0 unspecified atom stereocenters. The molecule has 0 aliphatic heterocycles. The Labute approximate surface area is 129 Å². The Morgan fingerprint density at radius 2 is 2.14 bits per heavy atom. The summed E-state index contributed by atoms with van der Waals surface area (Å²) in [5.41, 5.74) is 1.24. The summed E-state index contributed by atoms with van der Waals surface area (Å²) in [6.07, 6.45) is 2.35. The first kappa shape index (κ1) is 15.6. The van der Waals surface area contributed by atoms with Gasteiger partial charge < -0.3 is 9.88 Å². The van der Waals surface area contributed by atoms with E-state index in [9.17, 15) is 4.79 Å². The van der Waals surface area contributed by atoms with Crippen molar-refractivity contribution in [2.45, 2.75) is 24.3 Å². The molecule has 5 nitrogen and oxygen atoms in total. The zero-order valence-corrected chi connectivity index (χ0v) is 13.1. The Bertz CT molecular complexity index is 570. The van der Waals surface area contributed by atoms with Gasteiger partial charge in [0.15, 0.2) is 0 Å². The quantitative estimate of drug-likeness (QED) is 0.847. The zero-order chi connectivity index (χ0) is 15.1. The molecule has 1 aromatic heterocycles. The molecule has 0 radical (unpaired) electrons. The van der Waals surface area contributed by atoms with Gasteiger partial charge in [-0.05, 0) is 12.5 Å². The lowest BCUT2D eigenvalue weighted by atomic mass is 10.2. The van der Waals surface area contributed by atoms with Gasteiger partial charge in [0.1, 0.15) is 12.2 Å². The second kappa shape index (κ2) is 7.83. The maximum Gasteiger partial charge on any atom is 0.232 e. The number of aryl methyl sites for hydroxylation is 1. The minimum atomic E-state index is -0.0651. The molecule has 1 N–H and O–H groups in total. The fourth-order valence-electron chi connectivity index (χ4n) is 1.85. The molecule has 1 aromatic carbocycles. The molecule has 0 aliphatic carbocycles. The Kier molecular flexibility index (Phi) is 5.80. The van der Waals surface area contributed by atoms with E-state index in [1.807, 2.05) is 36.7 Å². The second-order valence-corrected chi connectivity index (χ2v) is 6.17. The van der Waals surface area contributed by atoms with Gasteiger partial charge in [0.25, 0.3) is 0 Å². The Morgan fingerprint density at radius 3 is 2.81 bits per heavy atom. The largest absolute Gasteiger partial charge is 0.355 e. The average molecular weight is 304 g/mol. The third kappa shape index (κ3) is 4.90. The smallest absolute Gasteiger partial charge is 0.232 e. The number of hydrogen-bond acceptors (Lipinski definition) is 4. The number of benzene rings is 1. The molecule has 1 atom stereocenters. The lowest BCUT2D eigenvalue weighted by molar-refractivity contribution is -0.120. The minimum Gasteiger partial charge on any atom is -0.355 e. The van der Waals surface area contributed by atoms with E-state index in [-0.39, 0.29) is 11.2 Å². The van der Waals surface area contributed by atoms with E-state index < -0.39 is 0 Å². The molecule has 0 spiro atoms. The van der Waals surface area contributed by atoms with Crippen molar-refractivity contribution < 1.29 is 4.79 Å². The molecule has 1 heterocycles. The van der Waals surface area contributed by atoms with Crippen LogP contribution in [0.1, 0.15) is 18.3 Å². The summed E-state index contributed by atoms with van der Waals surface area (Å²) in [6.45, 7) is 2.52. The third-order valence-corrected chi connectivity index (χ3v) is 4.38. The van der Waals surface area contributed by atoms with Crippen LogP contribution < -0.4 is 5.32 Å². The summed E-state index contributed by atoms with van der Waals surface area (Å²) in [6, 6.07) is 10.2. The number of nitrogens with zero attached hydrogens (tertiary/aromatic N) is 3. The van der Waals surface area contributed by atoms with Crippen LogP contribution in [0, 0.1) is 0 Å². The Hall–Kier alpha value is -1.82. The fourth-order valence-corrected chi connectivity index (χ4v) is 2.72. The van der Waals surface area contributed by atoms with Crippen molar-refractivity contribution >= 4 is 17.7 Å². The maximum atomic E-state index is 12.0. The van der Waals surface area contributed by atoms with Crippen LogP contribution in [-0.4, -0.2) is 32.5 Å². The van der Waals surface area contributed by atoms with Gasteiger partial charge in [-0.2, -0.15) is 0 Å². The molecule has 0 saturated carbocycles. The predicted molar refractivity (Wildman–Crippen MR) is 84.9 cm³/mol. The molecule has 2 aromatic rings. The van der Waals surface area contributed by atoms with Crippen LogP contribution in [0.25, 0.3) is 0 Å². The normalized spacial score (nSPS) is 12.1. The molecule has 1 amide bonds. The van der Waals surface area contributed by atoms with E-state index in [0.717, 1.165) is 11.6 Å². The van der Waals surface area contributed by atoms with Crippen LogP contribution in [0.4, 0.5) is 0 Å². The van der Waals surface area contributed by atoms with Crippen LogP contribution in [0.3, 0.4) is 0 Å². The Balaban J connectivity index is 1.69. The Morgan fingerprint density at radius 1 is 1.38 bits per heavy atom. The monoisotopic (exact) mass is 304 g/mol. The standard InChI is InChI=1S/C15H20N4OS/c1-12(21-10-13-6-4-3-5-7-13)15(20)16-9-8-14-18-17-11-19(14)2/h3-7,11-12H,8-10H2,1-2H3,(H,16,20)/t12-/m0/s1. The van der Waals surface area contributed by atoms with Crippen LogP contribution in [0.2, 0.25) is 0 Å². The third-order valence-electron chi connectivity index (χ3n) is 3.17. The van der Waals surface area contributed by atoms with Gasteiger partial charge in [-0.3, -0.25) is 4.79 Å². The van der Waals surface area contributed by atoms with Crippen molar-refractivity contribution in [3.8, 4) is 0 Å². The van der Waals surface area contributed by atoms with Crippen LogP contribution in [-0.2, 0) is 24.0 Å². The van der Waals surface area contributed by atoms with Crippen LogP contribution >= 0.6 is 11.8 Å². The highest BCUT2D eigenvalue weighted by Gasteiger charge is 2.13. The number of carbonyl (C=O) groups excluding carboxylic acids is 1. The zero-order valence-electron chi connectivity index (χ0n) is 12.3. The van der Waals surface area contributed by atoms with Crippen molar-refractivity contribution in [2.75, 3.05) is 6.54 Å². The van der Waals surface area contributed by atoms with E-state index in [2.05, 4.69) is 27.6 Å². The van der Waals surface area contributed by atoms with E-state index >= 15 is 0 Å². The molecular formula is C15H20N4OS. The van der Waals surface area contributed by atoms with E-state index in [1.54, 1.807) is 18.1 Å². The van der Waals surface area contributed by atoms with Gasteiger partial charge in [-0.25, -0.2) is 0 Å². The summed E-state index contributed by atoms with van der Waals surface area (Å²) in [5, 5.41) is 10.7. The van der Waals surface area contributed by atoms with Crippen LogP contribution in [0.15, 0.2) is 36.7 Å². The number of hydrogen-bond donors (Lipinski definition) is 1. The lowest BCUT2D eigenvalue weighted by Crippen LogP contribution is -2.32. The first-order valence-electron chi connectivity index (χ1n) is 6.93.